The first-order chi connectivity index (χ1) is 14.5. The van der Waals surface area contributed by atoms with Gasteiger partial charge in [0, 0.05) is 21.4 Å². The lowest BCUT2D eigenvalue weighted by atomic mass is 9.78. The van der Waals surface area contributed by atoms with Crippen molar-refractivity contribution in [2.45, 2.75) is 57.3 Å². The largest absolute Gasteiger partial charge is 0.496 e. The zero-order valence-corrected chi connectivity index (χ0v) is 21.0. The number of rotatable bonds is 8. The van der Waals surface area contributed by atoms with E-state index < -0.39 is 0 Å². The summed E-state index contributed by atoms with van der Waals surface area (Å²) in [5.41, 5.74) is 1.37. The zero-order valence-electron chi connectivity index (χ0n) is 17.8. The van der Waals surface area contributed by atoms with Crippen LogP contribution < -0.4 is 9.64 Å². The van der Waals surface area contributed by atoms with Crippen molar-refractivity contribution in [1.82, 2.24) is 0 Å². The number of amides is 1. The highest BCUT2D eigenvalue weighted by Crippen LogP contribution is 2.50. The van der Waals surface area contributed by atoms with E-state index in [-0.39, 0.29) is 11.3 Å². The van der Waals surface area contributed by atoms with Crippen molar-refractivity contribution >= 4 is 56.6 Å². The third-order valence-corrected chi connectivity index (χ3v) is 7.94. The maximum atomic E-state index is 14.2. The zero-order chi connectivity index (χ0) is 21.7. The van der Waals surface area contributed by atoms with Crippen molar-refractivity contribution in [2.75, 3.05) is 17.8 Å². The van der Waals surface area contributed by atoms with Crippen molar-refractivity contribution in [2.24, 2.45) is 5.41 Å². The summed E-state index contributed by atoms with van der Waals surface area (Å²) < 4.78 is 6.37. The fourth-order valence-electron chi connectivity index (χ4n) is 3.96. The minimum atomic E-state index is -0.380. The summed E-state index contributed by atoms with van der Waals surface area (Å²) >= 11 is 11.5. The smallest absolute Gasteiger partial charge is 0.238 e. The van der Waals surface area contributed by atoms with Gasteiger partial charge < -0.3 is 4.74 Å². The molecule has 1 aliphatic rings. The minimum Gasteiger partial charge on any atom is -0.496 e. The first kappa shape index (κ1) is 23.5. The second-order valence-electron chi connectivity index (χ2n) is 7.85. The number of hydrogen-bond donors (Lipinski definition) is 0. The number of benzene rings is 2. The number of anilines is 2. The van der Waals surface area contributed by atoms with Crippen molar-refractivity contribution in [1.29, 1.82) is 0 Å². The second kappa shape index (κ2) is 10.4. The van der Waals surface area contributed by atoms with Crippen LogP contribution in [0.2, 0.25) is 5.02 Å². The van der Waals surface area contributed by atoms with Crippen LogP contribution >= 0.6 is 39.3 Å². The van der Waals surface area contributed by atoms with Gasteiger partial charge in [0.25, 0.3) is 0 Å². The molecule has 0 saturated carbocycles. The quantitative estimate of drug-likeness (QED) is 0.358. The number of thioether (sulfide) groups is 1. The number of unbranched alkanes of at least 4 members (excludes halogenated alkanes) is 2. The van der Waals surface area contributed by atoms with Crippen LogP contribution in [-0.2, 0) is 4.79 Å². The Hall–Kier alpha value is -1.17. The molecule has 1 amide bonds. The highest BCUT2D eigenvalue weighted by atomic mass is 79.9. The van der Waals surface area contributed by atoms with E-state index in [0.29, 0.717) is 5.02 Å². The van der Waals surface area contributed by atoms with E-state index in [1.54, 1.807) is 18.9 Å². The average Bonchev–Trinajstić information content (AvgIpc) is 2.86. The Morgan fingerprint density at radius 3 is 2.33 bits per heavy atom. The van der Waals surface area contributed by atoms with Gasteiger partial charge in [-0.15, -0.1) is 11.8 Å². The maximum absolute atomic E-state index is 14.2. The van der Waals surface area contributed by atoms with Gasteiger partial charge in [0.2, 0.25) is 5.91 Å². The summed E-state index contributed by atoms with van der Waals surface area (Å²) in [6.07, 6.45) is 6.08. The second-order valence-corrected chi connectivity index (χ2v) is 10.2. The molecular weight excluding hydrogens is 482 g/mol. The van der Waals surface area contributed by atoms with Crippen LogP contribution in [0.4, 0.5) is 11.4 Å². The van der Waals surface area contributed by atoms with E-state index in [0.717, 1.165) is 70.8 Å². The lowest BCUT2D eigenvalue weighted by molar-refractivity contribution is -0.127. The Morgan fingerprint density at radius 2 is 1.77 bits per heavy atom. The predicted molar refractivity (Wildman–Crippen MR) is 131 cm³/mol. The fourth-order valence-corrected chi connectivity index (χ4v) is 5.91. The normalized spacial score (nSPS) is 15.6. The molecule has 0 radical (unpaired) electrons. The molecule has 2 aromatic carbocycles. The van der Waals surface area contributed by atoms with Crippen LogP contribution in [0.25, 0.3) is 0 Å². The number of nitrogens with zero attached hydrogens (tertiary/aromatic N) is 1. The molecule has 0 fully saturated rings. The van der Waals surface area contributed by atoms with Crippen LogP contribution in [0.15, 0.2) is 45.8 Å². The Kier molecular flexibility index (Phi) is 8.17. The summed E-state index contributed by atoms with van der Waals surface area (Å²) in [5, 5.41) is 0.662. The van der Waals surface area contributed by atoms with Gasteiger partial charge in [-0.1, -0.05) is 51.1 Å². The first-order valence-corrected chi connectivity index (χ1v) is 12.7. The summed E-state index contributed by atoms with van der Waals surface area (Å²) in [6, 6.07) is 11.6. The van der Waals surface area contributed by atoms with Crippen LogP contribution in [0, 0.1) is 5.41 Å². The van der Waals surface area contributed by atoms with Crippen molar-refractivity contribution in [3.63, 3.8) is 0 Å². The van der Waals surface area contributed by atoms with Crippen LogP contribution in [0.5, 0.6) is 5.75 Å². The molecule has 0 N–H and O–H groups in total. The fraction of sp³-hybridized carbons (Fsp3) is 0.458. The van der Waals surface area contributed by atoms with E-state index in [2.05, 4.69) is 29.8 Å². The molecule has 3 nitrogen and oxygen atoms in total. The van der Waals surface area contributed by atoms with Gasteiger partial charge in [-0.2, -0.15) is 0 Å². The Labute approximate surface area is 197 Å². The van der Waals surface area contributed by atoms with Crippen molar-refractivity contribution < 1.29 is 9.53 Å². The monoisotopic (exact) mass is 509 g/mol. The molecule has 3 rings (SSSR count). The van der Waals surface area contributed by atoms with E-state index >= 15 is 0 Å². The number of halogens is 2. The molecule has 0 bridgehead atoms. The van der Waals surface area contributed by atoms with Gasteiger partial charge in [0.1, 0.15) is 5.75 Å². The number of carbonyl (C=O) groups is 1. The molecule has 1 heterocycles. The van der Waals surface area contributed by atoms with Crippen molar-refractivity contribution in [3.05, 3.63) is 45.9 Å². The number of hydrogen-bond acceptors (Lipinski definition) is 3. The van der Waals surface area contributed by atoms with E-state index in [1.165, 1.54) is 0 Å². The maximum Gasteiger partial charge on any atom is 0.238 e. The number of fused-ring (bicyclic) bond motifs is 1. The van der Waals surface area contributed by atoms with Crippen molar-refractivity contribution in [3.8, 4) is 5.75 Å². The number of ether oxygens (including phenoxy) is 1. The third-order valence-electron chi connectivity index (χ3n) is 5.74. The van der Waals surface area contributed by atoms with Gasteiger partial charge in [0.05, 0.1) is 22.7 Å². The van der Waals surface area contributed by atoms with Gasteiger partial charge in [-0.05, 0) is 65.2 Å². The number of carbonyl (C=O) groups excluding carboxylic acids is 1. The topological polar surface area (TPSA) is 29.5 Å². The molecule has 0 aliphatic carbocycles. The molecule has 2 aromatic rings. The standard InChI is InChI=1S/C24H29BrClNO2S/c1-4-6-12-24(13-7-5-2)16-30-22-15-21(29-3)19(25)14-20(22)27(23(24)28)18-10-8-17(26)9-11-18/h8-11,14-15H,4-7,12-13,16H2,1-3H3. The molecule has 0 unspecified atom stereocenters. The molecule has 162 valence electrons. The summed E-state index contributed by atoms with van der Waals surface area (Å²) in [5.74, 6) is 1.75. The summed E-state index contributed by atoms with van der Waals surface area (Å²) in [7, 11) is 1.67. The first-order valence-electron chi connectivity index (χ1n) is 10.6. The van der Waals surface area contributed by atoms with Gasteiger partial charge in [0.15, 0.2) is 0 Å². The molecule has 6 heteroatoms. The molecular formula is C24H29BrClNO2S. The van der Waals surface area contributed by atoms with Gasteiger partial charge in [-0.25, -0.2) is 0 Å². The molecule has 0 atom stereocenters. The van der Waals surface area contributed by atoms with Gasteiger partial charge in [-0.3, -0.25) is 9.69 Å². The molecule has 0 saturated heterocycles. The van der Waals surface area contributed by atoms with Gasteiger partial charge >= 0.3 is 0 Å². The molecule has 0 aromatic heterocycles. The van der Waals surface area contributed by atoms with Crippen LogP contribution in [0.3, 0.4) is 0 Å². The molecule has 1 aliphatic heterocycles. The van der Waals surface area contributed by atoms with E-state index in [9.17, 15) is 4.79 Å². The lowest BCUT2D eigenvalue weighted by Gasteiger charge is -2.35. The van der Waals surface area contributed by atoms with Crippen LogP contribution in [0.1, 0.15) is 52.4 Å². The van der Waals surface area contributed by atoms with Crippen LogP contribution in [-0.4, -0.2) is 18.8 Å². The highest BCUT2D eigenvalue weighted by Gasteiger charge is 2.44. The Morgan fingerprint density at radius 1 is 1.13 bits per heavy atom. The Balaban J connectivity index is 2.17. The SMILES string of the molecule is CCCCC1(CCCC)CSc2cc(OC)c(Br)cc2N(c2ccc(Cl)cc2)C1=O. The minimum absolute atomic E-state index is 0.190. The summed E-state index contributed by atoms with van der Waals surface area (Å²) in [4.78, 5) is 17.2. The Bertz CT molecular complexity index is 880. The average molecular weight is 511 g/mol. The van der Waals surface area contributed by atoms with E-state index in [1.807, 2.05) is 41.3 Å². The predicted octanol–water partition coefficient (Wildman–Crippen LogP) is 8.25. The highest BCUT2D eigenvalue weighted by molar-refractivity contribution is 9.10. The lowest BCUT2D eigenvalue weighted by Crippen LogP contribution is -2.42. The molecule has 0 spiro atoms. The third kappa shape index (κ3) is 4.84. The number of methoxy groups -OCH3 is 1. The van der Waals surface area contributed by atoms with E-state index in [4.69, 9.17) is 16.3 Å². The molecule has 30 heavy (non-hydrogen) atoms. The summed E-state index contributed by atoms with van der Waals surface area (Å²) in [6.45, 7) is 4.38.